The number of carboxylic acid groups (broad SMARTS) is 1. The number of nitrogens with one attached hydrogen (secondary N) is 1. The minimum absolute atomic E-state index is 0.161. The van der Waals surface area contributed by atoms with Crippen molar-refractivity contribution in [3.63, 3.8) is 0 Å². The van der Waals surface area contributed by atoms with Gasteiger partial charge in [0.05, 0.1) is 23.2 Å². The summed E-state index contributed by atoms with van der Waals surface area (Å²) >= 11 is 0. The van der Waals surface area contributed by atoms with E-state index in [1.165, 1.54) is 0 Å². The van der Waals surface area contributed by atoms with Crippen LogP contribution in [0.3, 0.4) is 0 Å². The summed E-state index contributed by atoms with van der Waals surface area (Å²) in [5.74, 6) is -1.28. The predicted octanol–water partition coefficient (Wildman–Crippen LogP) is 2.94. The van der Waals surface area contributed by atoms with Crippen LogP contribution in [0.5, 0.6) is 0 Å². The van der Waals surface area contributed by atoms with Gasteiger partial charge in [-0.15, -0.1) is 0 Å². The zero-order valence-electron chi connectivity index (χ0n) is 15.4. The summed E-state index contributed by atoms with van der Waals surface area (Å²) in [6.07, 6.45) is 2.89. The molecule has 0 aliphatic carbocycles. The van der Waals surface area contributed by atoms with E-state index in [-0.39, 0.29) is 12.0 Å². The smallest absolute Gasteiger partial charge is 0.326 e. The number of pyridine rings is 1. The van der Waals surface area contributed by atoms with Crippen LogP contribution in [0.1, 0.15) is 62.6 Å². The van der Waals surface area contributed by atoms with Crippen molar-refractivity contribution >= 4 is 22.9 Å². The molecule has 0 aliphatic heterocycles. The lowest BCUT2D eigenvalue weighted by Gasteiger charge is -2.17. The second kappa shape index (κ2) is 7.63. The van der Waals surface area contributed by atoms with Crippen LogP contribution in [-0.2, 0) is 4.79 Å². The van der Waals surface area contributed by atoms with Gasteiger partial charge in [0.1, 0.15) is 6.04 Å². The van der Waals surface area contributed by atoms with Crippen molar-refractivity contribution in [3.05, 3.63) is 23.5 Å². The average Bonchev–Trinajstić information content (AvgIpc) is 2.95. The van der Waals surface area contributed by atoms with E-state index in [1.807, 2.05) is 32.4 Å². The van der Waals surface area contributed by atoms with E-state index < -0.39 is 17.9 Å². The minimum atomic E-state index is -1.03. The normalized spacial score (nSPS) is 13.8. The van der Waals surface area contributed by atoms with Crippen LogP contribution in [-0.4, -0.2) is 37.8 Å². The van der Waals surface area contributed by atoms with Crippen molar-refractivity contribution in [2.45, 2.75) is 59.5 Å². The van der Waals surface area contributed by atoms with Gasteiger partial charge in [0.25, 0.3) is 5.91 Å². The van der Waals surface area contributed by atoms with Crippen LogP contribution in [0.4, 0.5) is 0 Å². The third-order valence-electron chi connectivity index (χ3n) is 4.26. The van der Waals surface area contributed by atoms with Crippen LogP contribution in [0.25, 0.3) is 11.0 Å². The van der Waals surface area contributed by atoms with Gasteiger partial charge in [0, 0.05) is 5.69 Å². The Morgan fingerprint density at radius 1 is 1.32 bits per heavy atom. The van der Waals surface area contributed by atoms with E-state index in [4.69, 9.17) is 0 Å². The van der Waals surface area contributed by atoms with Crippen LogP contribution in [0, 0.1) is 12.8 Å². The molecule has 2 heterocycles. The first-order valence-electron chi connectivity index (χ1n) is 8.63. The van der Waals surface area contributed by atoms with Gasteiger partial charge < -0.3 is 10.4 Å². The summed E-state index contributed by atoms with van der Waals surface area (Å²) < 4.78 is 1.81. The second-order valence-electron chi connectivity index (χ2n) is 6.89. The number of hydrogen-bond donors (Lipinski definition) is 2. The topological polar surface area (TPSA) is 97.1 Å². The molecular formula is C18H26N4O3. The third kappa shape index (κ3) is 4.15. The van der Waals surface area contributed by atoms with Crippen molar-refractivity contribution in [3.8, 4) is 0 Å². The lowest BCUT2D eigenvalue weighted by atomic mass is 10.0. The molecule has 0 saturated heterocycles. The molecular weight excluding hydrogens is 320 g/mol. The molecule has 2 atom stereocenters. The summed E-state index contributed by atoms with van der Waals surface area (Å²) in [5.41, 5.74) is 1.75. The number of amides is 1. The molecule has 2 N–H and O–H groups in total. The number of fused-ring (bicyclic) bond motifs is 1. The van der Waals surface area contributed by atoms with Crippen molar-refractivity contribution in [2.24, 2.45) is 5.92 Å². The summed E-state index contributed by atoms with van der Waals surface area (Å²) in [7, 11) is 0. The maximum atomic E-state index is 12.7. The lowest BCUT2D eigenvalue weighted by molar-refractivity contribution is -0.139. The van der Waals surface area contributed by atoms with Gasteiger partial charge in [-0.05, 0) is 38.7 Å². The standard InChI is InChI=1S/C18H26N4O3/c1-6-12(5)22-16-14(9-19-22)13(8-11(4)20-16)17(23)21-15(18(24)25)7-10(2)3/h8-10,12,15H,6-7H2,1-5H3,(H,21,23)(H,24,25)/t12?,15-/m0/s1. The number of hydrogen-bond acceptors (Lipinski definition) is 4. The first-order chi connectivity index (χ1) is 11.7. The Morgan fingerprint density at radius 2 is 2.00 bits per heavy atom. The van der Waals surface area contributed by atoms with Crippen LogP contribution >= 0.6 is 0 Å². The number of carbonyl (C=O) groups excluding carboxylic acids is 1. The van der Waals surface area contributed by atoms with Crippen LogP contribution in [0.2, 0.25) is 0 Å². The number of nitrogens with zero attached hydrogens (tertiary/aromatic N) is 3. The van der Waals surface area contributed by atoms with Crippen molar-refractivity contribution in [1.29, 1.82) is 0 Å². The molecule has 2 aromatic rings. The number of aryl methyl sites for hydroxylation is 1. The fraction of sp³-hybridized carbons (Fsp3) is 0.556. The Hall–Kier alpha value is -2.44. The van der Waals surface area contributed by atoms with E-state index in [2.05, 4.69) is 22.3 Å². The largest absolute Gasteiger partial charge is 0.480 e. The zero-order chi connectivity index (χ0) is 18.7. The molecule has 136 valence electrons. The average molecular weight is 346 g/mol. The Balaban J connectivity index is 2.41. The van der Waals surface area contributed by atoms with Gasteiger partial charge in [-0.3, -0.25) is 4.79 Å². The molecule has 25 heavy (non-hydrogen) atoms. The molecule has 0 fully saturated rings. The number of carbonyl (C=O) groups is 2. The van der Waals surface area contributed by atoms with Crippen molar-refractivity contribution < 1.29 is 14.7 Å². The Morgan fingerprint density at radius 3 is 2.56 bits per heavy atom. The first-order valence-corrected chi connectivity index (χ1v) is 8.63. The van der Waals surface area contributed by atoms with Crippen LogP contribution < -0.4 is 5.32 Å². The monoisotopic (exact) mass is 346 g/mol. The third-order valence-corrected chi connectivity index (χ3v) is 4.26. The Kier molecular flexibility index (Phi) is 5.77. The van der Waals surface area contributed by atoms with Crippen molar-refractivity contribution in [2.75, 3.05) is 0 Å². The van der Waals surface area contributed by atoms with Gasteiger partial charge in [-0.2, -0.15) is 5.10 Å². The van der Waals surface area contributed by atoms with E-state index in [0.29, 0.717) is 28.7 Å². The SMILES string of the molecule is CCC(C)n1ncc2c(C(=O)N[C@@H](CC(C)C)C(=O)O)cc(C)nc21. The van der Waals surface area contributed by atoms with Gasteiger partial charge >= 0.3 is 5.97 Å². The van der Waals surface area contributed by atoms with E-state index in [9.17, 15) is 14.7 Å². The van der Waals surface area contributed by atoms with Gasteiger partial charge in [0.15, 0.2) is 5.65 Å². The molecule has 0 saturated carbocycles. The maximum Gasteiger partial charge on any atom is 0.326 e. The number of rotatable bonds is 7. The van der Waals surface area contributed by atoms with E-state index in [0.717, 1.165) is 6.42 Å². The quantitative estimate of drug-likeness (QED) is 0.803. The number of carboxylic acids is 1. The fourth-order valence-corrected chi connectivity index (χ4v) is 2.76. The lowest BCUT2D eigenvalue weighted by Crippen LogP contribution is -2.41. The summed E-state index contributed by atoms with van der Waals surface area (Å²) in [4.78, 5) is 28.7. The number of aliphatic carboxylic acids is 1. The summed E-state index contributed by atoms with van der Waals surface area (Å²) in [5, 5.41) is 17.0. The van der Waals surface area contributed by atoms with Gasteiger partial charge in [-0.25, -0.2) is 14.5 Å². The molecule has 0 spiro atoms. The molecule has 2 rings (SSSR count). The molecule has 1 unspecified atom stereocenters. The van der Waals surface area contributed by atoms with E-state index in [1.54, 1.807) is 12.3 Å². The van der Waals surface area contributed by atoms with Crippen molar-refractivity contribution in [1.82, 2.24) is 20.1 Å². The highest BCUT2D eigenvalue weighted by atomic mass is 16.4. The molecule has 7 nitrogen and oxygen atoms in total. The number of aromatic nitrogens is 3. The van der Waals surface area contributed by atoms with E-state index >= 15 is 0 Å². The summed E-state index contributed by atoms with van der Waals surface area (Å²) in [6, 6.07) is 0.922. The first kappa shape index (κ1) is 18.9. The Labute approximate surface area is 147 Å². The molecule has 7 heteroatoms. The second-order valence-corrected chi connectivity index (χ2v) is 6.89. The van der Waals surface area contributed by atoms with Gasteiger partial charge in [0.2, 0.25) is 0 Å². The molecule has 0 radical (unpaired) electrons. The Bertz CT molecular complexity index is 782. The minimum Gasteiger partial charge on any atom is -0.480 e. The highest BCUT2D eigenvalue weighted by molar-refractivity contribution is 6.06. The highest BCUT2D eigenvalue weighted by Crippen LogP contribution is 2.22. The maximum absolute atomic E-state index is 12.7. The molecule has 0 aromatic carbocycles. The predicted molar refractivity (Wildman–Crippen MR) is 95.6 cm³/mol. The molecule has 0 aliphatic rings. The highest BCUT2D eigenvalue weighted by Gasteiger charge is 2.24. The zero-order valence-corrected chi connectivity index (χ0v) is 15.4. The van der Waals surface area contributed by atoms with Gasteiger partial charge in [-0.1, -0.05) is 20.8 Å². The summed E-state index contributed by atoms with van der Waals surface area (Å²) in [6.45, 7) is 9.76. The fourth-order valence-electron chi connectivity index (χ4n) is 2.76. The molecule has 0 bridgehead atoms. The molecule has 1 amide bonds. The molecule has 2 aromatic heterocycles. The van der Waals surface area contributed by atoms with Crippen LogP contribution in [0.15, 0.2) is 12.3 Å².